The van der Waals surface area contributed by atoms with Crippen LogP contribution >= 0.6 is 22.6 Å². The molecule has 0 aromatic heterocycles. The molecule has 0 heterocycles. The van der Waals surface area contributed by atoms with Gasteiger partial charge in [-0.25, -0.2) is 4.79 Å². The number of hydrogen-bond acceptors (Lipinski definition) is 5. The predicted octanol–water partition coefficient (Wildman–Crippen LogP) is 4.52. The first-order valence-corrected chi connectivity index (χ1v) is 9.32. The number of halogens is 1. The highest BCUT2D eigenvalue weighted by Crippen LogP contribution is 2.37. The number of ether oxygens (including phenoxy) is 2. The smallest absolute Gasteiger partial charge is 0.337 e. The molecule has 0 aliphatic rings. The van der Waals surface area contributed by atoms with Gasteiger partial charge in [0, 0.05) is 5.56 Å². The fraction of sp³-hybridized carbons (Fsp3) is 0.300. The second-order valence-electron chi connectivity index (χ2n) is 5.85. The fourth-order valence-electron chi connectivity index (χ4n) is 2.59. The maximum Gasteiger partial charge on any atom is 0.337 e. The van der Waals surface area contributed by atoms with Crippen LogP contribution in [-0.4, -0.2) is 24.0 Å². The van der Waals surface area contributed by atoms with Gasteiger partial charge in [0.25, 0.3) is 0 Å². The van der Waals surface area contributed by atoms with Crippen molar-refractivity contribution in [2.45, 2.75) is 33.3 Å². The number of phenolic OH excluding ortho intramolecular Hbond substituents is 1. The molecule has 0 aliphatic carbocycles. The minimum absolute atomic E-state index is 0.00388. The first-order chi connectivity index (χ1) is 12.4. The molecule has 2 rings (SSSR count). The van der Waals surface area contributed by atoms with Crippen LogP contribution in [0.5, 0.6) is 11.5 Å². The highest BCUT2D eigenvalue weighted by atomic mass is 127. The summed E-state index contributed by atoms with van der Waals surface area (Å²) in [5.74, 6) is 0.0208. The molecule has 0 atom stereocenters. The van der Waals surface area contributed by atoms with Crippen molar-refractivity contribution in [1.29, 1.82) is 0 Å². The summed E-state index contributed by atoms with van der Waals surface area (Å²) in [5.41, 5.74) is 2.32. The van der Waals surface area contributed by atoms with Crippen LogP contribution < -0.4 is 4.74 Å². The van der Waals surface area contributed by atoms with Crippen molar-refractivity contribution in [3.8, 4) is 11.5 Å². The van der Waals surface area contributed by atoms with E-state index in [-0.39, 0.29) is 24.1 Å². The molecule has 26 heavy (non-hydrogen) atoms. The van der Waals surface area contributed by atoms with Gasteiger partial charge in [0.1, 0.15) is 18.1 Å². The number of hydrogen-bond donors (Lipinski definition) is 1. The van der Waals surface area contributed by atoms with E-state index in [0.717, 1.165) is 15.6 Å². The lowest BCUT2D eigenvalue weighted by molar-refractivity contribution is 0.0600. The molecule has 0 unspecified atom stereocenters. The summed E-state index contributed by atoms with van der Waals surface area (Å²) in [4.78, 5) is 23.2. The van der Waals surface area contributed by atoms with Crippen molar-refractivity contribution in [2.75, 3.05) is 7.11 Å². The van der Waals surface area contributed by atoms with E-state index in [2.05, 4.69) is 27.3 Å². The average molecular weight is 468 g/mol. The fourth-order valence-corrected chi connectivity index (χ4v) is 3.38. The summed E-state index contributed by atoms with van der Waals surface area (Å²) in [6.07, 6.45) is 1.43. The second kappa shape index (κ2) is 9.02. The zero-order valence-corrected chi connectivity index (χ0v) is 17.1. The molecular formula is C20H21IO5. The zero-order valence-electron chi connectivity index (χ0n) is 15.0. The first kappa shape index (κ1) is 20.2. The highest BCUT2D eigenvalue weighted by molar-refractivity contribution is 14.1. The molecule has 2 aromatic carbocycles. The Morgan fingerprint density at radius 2 is 1.85 bits per heavy atom. The van der Waals surface area contributed by atoms with Gasteiger partial charge < -0.3 is 14.6 Å². The van der Waals surface area contributed by atoms with Crippen LogP contribution in [0.4, 0.5) is 0 Å². The quantitative estimate of drug-likeness (QED) is 0.368. The molecule has 5 nitrogen and oxygen atoms in total. The van der Waals surface area contributed by atoms with Crippen molar-refractivity contribution in [1.82, 2.24) is 0 Å². The van der Waals surface area contributed by atoms with Crippen LogP contribution in [0.25, 0.3) is 0 Å². The van der Waals surface area contributed by atoms with Gasteiger partial charge >= 0.3 is 5.97 Å². The Morgan fingerprint density at radius 1 is 1.19 bits per heavy atom. The number of methoxy groups -OCH3 is 1. The molecule has 2 aromatic rings. The molecule has 0 spiro atoms. The van der Waals surface area contributed by atoms with E-state index in [4.69, 9.17) is 4.74 Å². The summed E-state index contributed by atoms with van der Waals surface area (Å²) in [7, 11) is 1.34. The molecule has 138 valence electrons. The van der Waals surface area contributed by atoms with Crippen LogP contribution in [-0.2, 0) is 17.8 Å². The van der Waals surface area contributed by atoms with Crippen molar-refractivity contribution >= 4 is 34.3 Å². The molecular weight excluding hydrogens is 447 g/mol. The Bertz CT molecular complexity index is 812. The number of phenols is 1. The molecule has 0 radical (unpaired) electrons. The third-order valence-electron chi connectivity index (χ3n) is 3.94. The number of rotatable bonds is 7. The lowest BCUT2D eigenvalue weighted by Gasteiger charge is -2.17. The summed E-state index contributed by atoms with van der Waals surface area (Å²) in [5, 5.41) is 10.5. The lowest BCUT2D eigenvalue weighted by atomic mass is 10.0. The predicted molar refractivity (Wildman–Crippen MR) is 107 cm³/mol. The highest BCUT2D eigenvalue weighted by Gasteiger charge is 2.19. The van der Waals surface area contributed by atoms with Crippen molar-refractivity contribution in [3.05, 3.63) is 56.2 Å². The molecule has 0 fully saturated rings. The number of carbonyl (C=O) groups excluding carboxylic acids is 2. The van der Waals surface area contributed by atoms with Gasteiger partial charge in [-0.2, -0.15) is 0 Å². The van der Waals surface area contributed by atoms with E-state index >= 15 is 0 Å². The zero-order chi connectivity index (χ0) is 19.3. The molecule has 1 N–H and O–H groups in total. The van der Waals surface area contributed by atoms with Crippen molar-refractivity contribution in [3.63, 3.8) is 0 Å². The Balaban J connectivity index is 2.27. The molecule has 0 bridgehead atoms. The molecule has 0 aliphatic heterocycles. The first-order valence-electron chi connectivity index (χ1n) is 8.24. The van der Waals surface area contributed by atoms with Crippen LogP contribution in [0.3, 0.4) is 0 Å². The topological polar surface area (TPSA) is 72.8 Å². The number of benzene rings is 2. The van der Waals surface area contributed by atoms with E-state index in [1.807, 2.05) is 6.92 Å². The monoisotopic (exact) mass is 468 g/mol. The Hall–Kier alpha value is -2.09. The lowest BCUT2D eigenvalue weighted by Crippen LogP contribution is -2.05. The molecule has 0 saturated heterocycles. The van der Waals surface area contributed by atoms with E-state index in [1.54, 1.807) is 30.3 Å². The third kappa shape index (κ3) is 4.55. The van der Waals surface area contributed by atoms with Crippen LogP contribution in [0.1, 0.15) is 52.1 Å². The van der Waals surface area contributed by atoms with E-state index in [0.29, 0.717) is 28.9 Å². The molecule has 6 heteroatoms. The van der Waals surface area contributed by atoms with Crippen molar-refractivity contribution < 1.29 is 24.2 Å². The maximum absolute atomic E-state index is 11.7. The van der Waals surface area contributed by atoms with Crippen LogP contribution in [0.15, 0.2) is 30.3 Å². The number of Topliss-reactive ketones (excluding diaryl/α,β-unsaturated/α-hetero) is 1. The summed E-state index contributed by atoms with van der Waals surface area (Å²) < 4.78 is 11.4. The SMILES string of the molecule is CCCc1c(O)c(C(C)=O)cc(I)c1OCc1ccc(C(=O)OC)cc1. The third-order valence-corrected chi connectivity index (χ3v) is 4.74. The van der Waals surface area contributed by atoms with Gasteiger partial charge in [0.05, 0.1) is 21.8 Å². The minimum atomic E-state index is -0.387. The van der Waals surface area contributed by atoms with Gasteiger partial charge in [-0.3, -0.25) is 4.79 Å². The number of ketones is 1. The summed E-state index contributed by atoms with van der Waals surface area (Å²) in [6.45, 7) is 3.72. The van der Waals surface area contributed by atoms with Gasteiger partial charge in [0.2, 0.25) is 0 Å². The Kier molecular flexibility index (Phi) is 7.02. The van der Waals surface area contributed by atoms with E-state index in [9.17, 15) is 14.7 Å². The number of carbonyl (C=O) groups is 2. The Morgan fingerprint density at radius 3 is 2.38 bits per heavy atom. The normalized spacial score (nSPS) is 10.5. The maximum atomic E-state index is 11.7. The molecule has 0 amide bonds. The van der Waals surface area contributed by atoms with E-state index in [1.165, 1.54) is 14.0 Å². The standard InChI is InChI=1S/C20H21IO5/c1-4-5-15-18(23)16(12(2)22)10-17(21)19(15)26-11-13-6-8-14(9-7-13)20(24)25-3/h6-10,23H,4-5,11H2,1-3H3. The molecule has 0 saturated carbocycles. The second-order valence-corrected chi connectivity index (χ2v) is 7.01. The summed E-state index contributed by atoms with van der Waals surface area (Å²) in [6, 6.07) is 8.59. The summed E-state index contributed by atoms with van der Waals surface area (Å²) >= 11 is 2.11. The van der Waals surface area contributed by atoms with Crippen LogP contribution in [0, 0.1) is 3.57 Å². The number of esters is 1. The van der Waals surface area contributed by atoms with Gasteiger partial charge in [-0.15, -0.1) is 0 Å². The largest absolute Gasteiger partial charge is 0.507 e. The Labute approximate surface area is 166 Å². The van der Waals surface area contributed by atoms with Crippen LogP contribution in [0.2, 0.25) is 0 Å². The van der Waals surface area contributed by atoms with Gasteiger partial charge in [0.15, 0.2) is 5.78 Å². The van der Waals surface area contributed by atoms with E-state index < -0.39 is 0 Å². The number of aromatic hydroxyl groups is 1. The van der Waals surface area contributed by atoms with Crippen molar-refractivity contribution in [2.24, 2.45) is 0 Å². The van der Waals surface area contributed by atoms with Gasteiger partial charge in [-0.05, 0) is 59.7 Å². The van der Waals surface area contributed by atoms with Gasteiger partial charge in [-0.1, -0.05) is 25.5 Å². The minimum Gasteiger partial charge on any atom is -0.507 e. The average Bonchev–Trinajstić information content (AvgIpc) is 2.63.